The lowest BCUT2D eigenvalue weighted by molar-refractivity contribution is 0.561. The van der Waals surface area contributed by atoms with Crippen molar-refractivity contribution in [1.82, 2.24) is 15.1 Å². The zero-order valence-electron chi connectivity index (χ0n) is 10.7. The minimum absolute atomic E-state index is 0.194. The van der Waals surface area contributed by atoms with Gasteiger partial charge in [0.05, 0.1) is 0 Å². The molecule has 1 atom stereocenters. The van der Waals surface area contributed by atoms with Crippen LogP contribution in [-0.4, -0.2) is 16.3 Å². The molecule has 0 radical (unpaired) electrons. The number of benzene rings is 1. The Morgan fingerprint density at radius 2 is 2.00 bits per heavy atom. The first-order valence-electron chi connectivity index (χ1n) is 6.12. The molecule has 0 saturated heterocycles. The van der Waals surface area contributed by atoms with Gasteiger partial charge in [-0.2, -0.15) is 5.10 Å². The van der Waals surface area contributed by atoms with E-state index in [-0.39, 0.29) is 11.9 Å². The van der Waals surface area contributed by atoms with E-state index < -0.39 is 0 Å². The first-order chi connectivity index (χ1) is 8.66. The standard InChI is InChI=1S/C14H18FN3/c1-11(12-3-5-13(15)6-4-12)16-9-7-14-8-10-17-18(14)2/h3-6,8,10-11,16H,7,9H2,1-2H3/t11-/m1/s1. The van der Waals surface area contributed by atoms with Crippen LogP contribution in [-0.2, 0) is 13.5 Å². The van der Waals surface area contributed by atoms with Gasteiger partial charge in [0.15, 0.2) is 0 Å². The van der Waals surface area contributed by atoms with Gasteiger partial charge in [0.2, 0.25) is 0 Å². The summed E-state index contributed by atoms with van der Waals surface area (Å²) in [5.74, 6) is -0.194. The van der Waals surface area contributed by atoms with Crippen LogP contribution >= 0.6 is 0 Å². The fourth-order valence-electron chi connectivity index (χ4n) is 1.93. The second-order valence-corrected chi connectivity index (χ2v) is 4.42. The average molecular weight is 247 g/mol. The number of aryl methyl sites for hydroxylation is 1. The van der Waals surface area contributed by atoms with E-state index >= 15 is 0 Å². The van der Waals surface area contributed by atoms with Crippen molar-refractivity contribution in [1.29, 1.82) is 0 Å². The molecule has 0 spiro atoms. The maximum Gasteiger partial charge on any atom is 0.123 e. The lowest BCUT2D eigenvalue weighted by atomic mass is 10.1. The lowest BCUT2D eigenvalue weighted by Crippen LogP contribution is -2.22. The highest BCUT2D eigenvalue weighted by Crippen LogP contribution is 2.12. The van der Waals surface area contributed by atoms with Crippen LogP contribution in [0, 0.1) is 5.82 Å². The summed E-state index contributed by atoms with van der Waals surface area (Å²) in [7, 11) is 1.94. The van der Waals surface area contributed by atoms with Crippen molar-refractivity contribution >= 4 is 0 Å². The van der Waals surface area contributed by atoms with Crippen molar-refractivity contribution in [2.24, 2.45) is 7.05 Å². The zero-order chi connectivity index (χ0) is 13.0. The van der Waals surface area contributed by atoms with Crippen LogP contribution in [0.15, 0.2) is 36.5 Å². The predicted molar refractivity (Wildman–Crippen MR) is 69.7 cm³/mol. The molecule has 4 heteroatoms. The van der Waals surface area contributed by atoms with Gasteiger partial charge in [-0.25, -0.2) is 4.39 Å². The first kappa shape index (κ1) is 12.8. The third-order valence-corrected chi connectivity index (χ3v) is 3.12. The maximum absolute atomic E-state index is 12.8. The fraction of sp³-hybridized carbons (Fsp3) is 0.357. The van der Waals surface area contributed by atoms with Gasteiger partial charge >= 0.3 is 0 Å². The minimum Gasteiger partial charge on any atom is -0.310 e. The topological polar surface area (TPSA) is 29.9 Å². The number of rotatable bonds is 5. The number of halogens is 1. The minimum atomic E-state index is -0.194. The van der Waals surface area contributed by atoms with Crippen molar-refractivity contribution in [2.75, 3.05) is 6.54 Å². The van der Waals surface area contributed by atoms with Crippen molar-refractivity contribution in [3.63, 3.8) is 0 Å². The number of hydrogen-bond donors (Lipinski definition) is 1. The predicted octanol–water partition coefficient (Wildman–Crippen LogP) is 2.45. The molecule has 96 valence electrons. The summed E-state index contributed by atoms with van der Waals surface area (Å²) in [6, 6.07) is 8.86. The molecular formula is C14H18FN3. The summed E-state index contributed by atoms with van der Waals surface area (Å²) in [5, 5.41) is 7.55. The van der Waals surface area contributed by atoms with E-state index in [1.54, 1.807) is 6.20 Å². The van der Waals surface area contributed by atoms with Crippen LogP contribution in [0.4, 0.5) is 4.39 Å². The smallest absolute Gasteiger partial charge is 0.123 e. The Morgan fingerprint density at radius 3 is 2.61 bits per heavy atom. The summed E-state index contributed by atoms with van der Waals surface area (Å²) in [4.78, 5) is 0. The summed E-state index contributed by atoms with van der Waals surface area (Å²) in [6.45, 7) is 2.95. The quantitative estimate of drug-likeness (QED) is 0.879. The van der Waals surface area contributed by atoms with Gasteiger partial charge in [-0.15, -0.1) is 0 Å². The van der Waals surface area contributed by atoms with Crippen molar-refractivity contribution in [2.45, 2.75) is 19.4 Å². The summed E-state index contributed by atoms with van der Waals surface area (Å²) < 4.78 is 14.7. The molecule has 3 nitrogen and oxygen atoms in total. The Labute approximate surface area is 107 Å². The first-order valence-corrected chi connectivity index (χ1v) is 6.12. The highest BCUT2D eigenvalue weighted by atomic mass is 19.1. The van der Waals surface area contributed by atoms with Crippen LogP contribution in [0.25, 0.3) is 0 Å². The molecule has 0 saturated carbocycles. The molecule has 0 unspecified atom stereocenters. The molecule has 0 amide bonds. The molecule has 18 heavy (non-hydrogen) atoms. The molecule has 2 aromatic rings. The highest BCUT2D eigenvalue weighted by Gasteiger charge is 2.05. The third kappa shape index (κ3) is 3.17. The lowest BCUT2D eigenvalue weighted by Gasteiger charge is -2.14. The molecule has 2 rings (SSSR count). The molecule has 0 aliphatic rings. The zero-order valence-corrected chi connectivity index (χ0v) is 10.7. The molecule has 0 fully saturated rings. The molecule has 0 aliphatic heterocycles. The number of aromatic nitrogens is 2. The van der Waals surface area contributed by atoms with E-state index in [2.05, 4.69) is 17.3 Å². The monoisotopic (exact) mass is 247 g/mol. The van der Waals surface area contributed by atoms with E-state index in [1.165, 1.54) is 17.8 Å². The number of nitrogens with zero attached hydrogens (tertiary/aromatic N) is 2. The van der Waals surface area contributed by atoms with Crippen LogP contribution in [0.3, 0.4) is 0 Å². The second-order valence-electron chi connectivity index (χ2n) is 4.42. The average Bonchev–Trinajstić information content (AvgIpc) is 2.76. The van der Waals surface area contributed by atoms with E-state index in [1.807, 2.05) is 29.9 Å². The summed E-state index contributed by atoms with van der Waals surface area (Å²) in [6.07, 6.45) is 2.74. The van der Waals surface area contributed by atoms with E-state index in [0.717, 1.165) is 18.5 Å². The normalized spacial score (nSPS) is 12.6. The van der Waals surface area contributed by atoms with Crippen molar-refractivity contribution in [3.8, 4) is 0 Å². The van der Waals surface area contributed by atoms with Crippen LogP contribution in [0.5, 0.6) is 0 Å². The van der Waals surface area contributed by atoms with E-state index in [0.29, 0.717) is 0 Å². The fourth-order valence-corrected chi connectivity index (χ4v) is 1.93. The highest BCUT2D eigenvalue weighted by molar-refractivity contribution is 5.19. The molecular weight excluding hydrogens is 229 g/mol. The third-order valence-electron chi connectivity index (χ3n) is 3.12. The van der Waals surface area contributed by atoms with Gasteiger partial charge in [-0.05, 0) is 30.7 Å². The van der Waals surface area contributed by atoms with Gasteiger partial charge in [0.25, 0.3) is 0 Å². The Balaban J connectivity index is 1.83. The SMILES string of the molecule is C[C@@H](NCCc1ccnn1C)c1ccc(F)cc1. The Morgan fingerprint density at radius 1 is 1.28 bits per heavy atom. The van der Waals surface area contributed by atoms with Crippen LogP contribution in [0.1, 0.15) is 24.2 Å². The molecule has 1 heterocycles. The van der Waals surface area contributed by atoms with Gasteiger partial charge in [-0.3, -0.25) is 4.68 Å². The van der Waals surface area contributed by atoms with Gasteiger partial charge in [-0.1, -0.05) is 12.1 Å². The van der Waals surface area contributed by atoms with Crippen LogP contribution < -0.4 is 5.32 Å². The molecule has 0 aliphatic carbocycles. The van der Waals surface area contributed by atoms with E-state index in [9.17, 15) is 4.39 Å². The van der Waals surface area contributed by atoms with E-state index in [4.69, 9.17) is 0 Å². The Kier molecular flexibility index (Phi) is 4.10. The summed E-state index contributed by atoms with van der Waals surface area (Å²) >= 11 is 0. The van der Waals surface area contributed by atoms with Gasteiger partial charge < -0.3 is 5.32 Å². The Hall–Kier alpha value is -1.68. The molecule has 1 N–H and O–H groups in total. The maximum atomic E-state index is 12.8. The number of nitrogens with one attached hydrogen (secondary N) is 1. The van der Waals surface area contributed by atoms with Crippen molar-refractivity contribution in [3.05, 3.63) is 53.6 Å². The molecule has 1 aromatic carbocycles. The largest absolute Gasteiger partial charge is 0.310 e. The second kappa shape index (κ2) is 5.78. The van der Waals surface area contributed by atoms with Crippen molar-refractivity contribution < 1.29 is 4.39 Å². The van der Waals surface area contributed by atoms with Gasteiger partial charge in [0.1, 0.15) is 5.82 Å². The molecule has 1 aromatic heterocycles. The van der Waals surface area contributed by atoms with Crippen LogP contribution in [0.2, 0.25) is 0 Å². The summed E-state index contributed by atoms with van der Waals surface area (Å²) in [5.41, 5.74) is 2.30. The van der Waals surface area contributed by atoms with Gasteiger partial charge in [0, 0.05) is 37.9 Å². The molecule has 0 bridgehead atoms. The Bertz CT molecular complexity index is 490. The number of hydrogen-bond acceptors (Lipinski definition) is 2.